The zero-order chi connectivity index (χ0) is 14.8. The highest BCUT2D eigenvalue weighted by Gasteiger charge is 2.19. The number of hydrogen-bond acceptors (Lipinski definition) is 4. The lowest BCUT2D eigenvalue weighted by Gasteiger charge is -2.15. The molecule has 0 heterocycles. The quantitative estimate of drug-likeness (QED) is 0.441. The van der Waals surface area contributed by atoms with Gasteiger partial charge < -0.3 is 20.8 Å². The lowest BCUT2D eigenvalue weighted by Crippen LogP contribution is -2.47. The van der Waals surface area contributed by atoms with Crippen LogP contribution in [0.25, 0.3) is 0 Å². The van der Waals surface area contributed by atoms with E-state index in [1.54, 1.807) is 6.92 Å². The van der Waals surface area contributed by atoms with Gasteiger partial charge in [0.15, 0.2) is 0 Å². The third-order valence-electron chi connectivity index (χ3n) is 2.27. The Bertz CT molecular complexity index is 355. The van der Waals surface area contributed by atoms with Crippen LogP contribution >= 0.6 is 0 Å². The van der Waals surface area contributed by atoms with Crippen molar-refractivity contribution in [3.63, 3.8) is 0 Å². The Morgan fingerprint density at radius 2 is 1.68 bits per heavy atom. The van der Waals surface area contributed by atoms with Crippen molar-refractivity contribution in [2.45, 2.75) is 38.6 Å². The SMILES string of the molecule is CCC(NC(=O)CCCC(=O)O)C(=O)NCC(=O)O. The van der Waals surface area contributed by atoms with Crippen LogP contribution in [0.5, 0.6) is 0 Å². The van der Waals surface area contributed by atoms with E-state index >= 15 is 0 Å². The molecule has 0 saturated carbocycles. The van der Waals surface area contributed by atoms with Gasteiger partial charge in [0.2, 0.25) is 11.8 Å². The maximum atomic E-state index is 11.5. The van der Waals surface area contributed by atoms with Gasteiger partial charge in [0.1, 0.15) is 12.6 Å². The van der Waals surface area contributed by atoms with E-state index in [9.17, 15) is 19.2 Å². The first kappa shape index (κ1) is 16.9. The molecule has 0 aliphatic carbocycles. The summed E-state index contributed by atoms with van der Waals surface area (Å²) < 4.78 is 0. The molecule has 0 aromatic carbocycles. The molecule has 2 amide bonds. The number of amides is 2. The standard InChI is InChI=1S/C11H18N2O6/c1-2-7(11(19)12-6-10(17)18)13-8(14)4-3-5-9(15)16/h7H,2-6H2,1H3,(H,12,19)(H,13,14)(H,15,16)(H,17,18). The van der Waals surface area contributed by atoms with Gasteiger partial charge in [-0.05, 0) is 12.8 Å². The molecule has 19 heavy (non-hydrogen) atoms. The normalized spacial score (nSPS) is 11.4. The number of hydrogen-bond donors (Lipinski definition) is 4. The largest absolute Gasteiger partial charge is 0.481 e. The number of carboxylic acids is 2. The third kappa shape index (κ3) is 8.58. The van der Waals surface area contributed by atoms with Gasteiger partial charge in [-0.15, -0.1) is 0 Å². The molecular formula is C11H18N2O6. The average Bonchev–Trinajstić information content (AvgIpc) is 2.32. The molecule has 0 radical (unpaired) electrons. The van der Waals surface area contributed by atoms with Crippen LogP contribution < -0.4 is 10.6 Å². The van der Waals surface area contributed by atoms with E-state index < -0.39 is 36.3 Å². The van der Waals surface area contributed by atoms with E-state index in [4.69, 9.17) is 10.2 Å². The number of carbonyl (C=O) groups excluding carboxylic acids is 2. The summed E-state index contributed by atoms with van der Waals surface area (Å²) in [5, 5.41) is 21.4. The fourth-order valence-corrected chi connectivity index (χ4v) is 1.31. The fraction of sp³-hybridized carbons (Fsp3) is 0.636. The van der Waals surface area contributed by atoms with Crippen molar-refractivity contribution in [1.29, 1.82) is 0 Å². The van der Waals surface area contributed by atoms with Crippen molar-refractivity contribution >= 4 is 23.8 Å². The maximum absolute atomic E-state index is 11.5. The second-order valence-corrected chi connectivity index (χ2v) is 3.89. The molecule has 0 saturated heterocycles. The topological polar surface area (TPSA) is 133 Å². The minimum Gasteiger partial charge on any atom is -0.481 e. The van der Waals surface area contributed by atoms with Crippen molar-refractivity contribution < 1.29 is 29.4 Å². The zero-order valence-corrected chi connectivity index (χ0v) is 10.6. The molecule has 8 nitrogen and oxygen atoms in total. The van der Waals surface area contributed by atoms with Gasteiger partial charge in [-0.1, -0.05) is 6.92 Å². The van der Waals surface area contributed by atoms with Crippen LogP contribution in [0.2, 0.25) is 0 Å². The van der Waals surface area contributed by atoms with E-state index in [2.05, 4.69) is 10.6 Å². The monoisotopic (exact) mass is 274 g/mol. The fourth-order valence-electron chi connectivity index (χ4n) is 1.31. The van der Waals surface area contributed by atoms with Crippen LogP contribution in [0.4, 0.5) is 0 Å². The van der Waals surface area contributed by atoms with Crippen LogP contribution in [-0.4, -0.2) is 46.6 Å². The van der Waals surface area contributed by atoms with Crippen molar-refractivity contribution in [1.82, 2.24) is 10.6 Å². The summed E-state index contributed by atoms with van der Waals surface area (Å²) >= 11 is 0. The van der Waals surface area contributed by atoms with Crippen LogP contribution in [0.1, 0.15) is 32.6 Å². The van der Waals surface area contributed by atoms with Crippen LogP contribution in [0, 0.1) is 0 Å². The van der Waals surface area contributed by atoms with E-state index in [-0.39, 0.29) is 19.3 Å². The summed E-state index contributed by atoms with van der Waals surface area (Å²) in [5.74, 6) is -3.16. The number of aliphatic carboxylic acids is 2. The van der Waals surface area contributed by atoms with Gasteiger partial charge in [0.05, 0.1) is 0 Å². The smallest absolute Gasteiger partial charge is 0.322 e. The Morgan fingerprint density at radius 1 is 1.05 bits per heavy atom. The van der Waals surface area contributed by atoms with E-state index in [1.165, 1.54) is 0 Å². The number of carbonyl (C=O) groups is 4. The predicted octanol–water partition coefficient (Wildman–Crippen LogP) is -0.663. The van der Waals surface area contributed by atoms with Crippen molar-refractivity contribution in [2.75, 3.05) is 6.54 Å². The van der Waals surface area contributed by atoms with E-state index in [0.29, 0.717) is 6.42 Å². The zero-order valence-electron chi connectivity index (χ0n) is 10.6. The maximum Gasteiger partial charge on any atom is 0.322 e. The summed E-state index contributed by atoms with van der Waals surface area (Å²) in [5.41, 5.74) is 0. The van der Waals surface area contributed by atoms with E-state index in [0.717, 1.165) is 0 Å². The lowest BCUT2D eigenvalue weighted by atomic mass is 10.1. The number of rotatable bonds is 9. The third-order valence-corrected chi connectivity index (χ3v) is 2.27. The van der Waals surface area contributed by atoms with Crippen molar-refractivity contribution in [2.24, 2.45) is 0 Å². The van der Waals surface area contributed by atoms with Gasteiger partial charge in [-0.25, -0.2) is 0 Å². The Balaban J connectivity index is 4.09. The highest BCUT2D eigenvalue weighted by Crippen LogP contribution is 1.98. The van der Waals surface area contributed by atoms with Crippen molar-refractivity contribution in [3.05, 3.63) is 0 Å². The molecule has 1 unspecified atom stereocenters. The summed E-state index contributed by atoms with van der Waals surface area (Å²) in [6, 6.07) is -0.809. The highest BCUT2D eigenvalue weighted by atomic mass is 16.4. The molecule has 108 valence electrons. The van der Waals surface area contributed by atoms with Crippen molar-refractivity contribution in [3.8, 4) is 0 Å². The highest BCUT2D eigenvalue weighted by molar-refractivity contribution is 5.89. The summed E-state index contributed by atoms with van der Waals surface area (Å²) in [6.45, 7) is 1.16. The summed E-state index contributed by atoms with van der Waals surface area (Å²) in [6.07, 6.45) is 0.398. The van der Waals surface area contributed by atoms with Gasteiger partial charge in [-0.2, -0.15) is 0 Å². The number of carboxylic acid groups (broad SMARTS) is 2. The minimum atomic E-state index is -1.17. The second kappa shape index (κ2) is 8.90. The van der Waals surface area contributed by atoms with Gasteiger partial charge >= 0.3 is 11.9 Å². The molecule has 4 N–H and O–H groups in total. The molecule has 0 aliphatic rings. The van der Waals surface area contributed by atoms with Crippen LogP contribution in [0.3, 0.4) is 0 Å². The Kier molecular flexibility index (Phi) is 7.90. The Morgan fingerprint density at radius 3 is 2.16 bits per heavy atom. The molecule has 1 atom stereocenters. The van der Waals surface area contributed by atoms with E-state index in [1.807, 2.05) is 0 Å². The summed E-state index contributed by atoms with van der Waals surface area (Å²) in [7, 11) is 0. The second-order valence-electron chi connectivity index (χ2n) is 3.89. The molecule has 0 spiro atoms. The first-order valence-electron chi connectivity index (χ1n) is 5.87. The van der Waals surface area contributed by atoms with Gasteiger partial charge in [-0.3, -0.25) is 19.2 Å². The van der Waals surface area contributed by atoms with Gasteiger partial charge in [0, 0.05) is 12.8 Å². The molecule has 0 fully saturated rings. The molecule has 0 bridgehead atoms. The minimum absolute atomic E-state index is 0.00894. The molecule has 0 aromatic heterocycles. The first-order valence-corrected chi connectivity index (χ1v) is 5.87. The number of nitrogens with one attached hydrogen (secondary N) is 2. The summed E-state index contributed by atoms with van der Waals surface area (Å²) in [4.78, 5) is 43.5. The van der Waals surface area contributed by atoms with Crippen LogP contribution in [0.15, 0.2) is 0 Å². The van der Waals surface area contributed by atoms with Crippen LogP contribution in [-0.2, 0) is 19.2 Å². The first-order chi connectivity index (χ1) is 8.86. The lowest BCUT2D eigenvalue weighted by molar-refractivity contribution is -0.138. The molecule has 0 aliphatic heterocycles. The molecule has 8 heteroatoms. The molecular weight excluding hydrogens is 256 g/mol. The molecule has 0 rings (SSSR count). The average molecular weight is 274 g/mol. The Labute approximate surface area is 110 Å². The molecule has 0 aromatic rings. The predicted molar refractivity (Wildman–Crippen MR) is 64.4 cm³/mol. The Hall–Kier alpha value is -2.12. The van der Waals surface area contributed by atoms with Gasteiger partial charge in [0.25, 0.3) is 0 Å².